The Morgan fingerprint density at radius 3 is 2.65 bits per heavy atom. The van der Waals surface area contributed by atoms with Gasteiger partial charge in [-0.3, -0.25) is 9.36 Å². The molecule has 1 heterocycles. The van der Waals surface area contributed by atoms with E-state index in [1.165, 1.54) is 21.4 Å². The van der Waals surface area contributed by atoms with E-state index in [1.54, 1.807) is 18.2 Å². The first kappa shape index (κ1) is 14.4. The van der Waals surface area contributed by atoms with Crippen LogP contribution in [0.1, 0.15) is 18.9 Å². The summed E-state index contributed by atoms with van der Waals surface area (Å²) in [6, 6.07) is 6.41. The molecule has 2 aromatic rings. The number of aromatic nitrogens is 2. The molecule has 0 saturated heterocycles. The lowest BCUT2D eigenvalue weighted by Crippen LogP contribution is -2.39. The topological polar surface area (TPSA) is 70.0 Å². The second kappa shape index (κ2) is 5.96. The molecule has 0 aliphatic heterocycles. The van der Waals surface area contributed by atoms with Gasteiger partial charge in [-0.2, -0.15) is 0 Å². The number of nitrogens with two attached hydrogens (primary N) is 1. The highest BCUT2D eigenvalue weighted by Gasteiger charge is 2.08. The third kappa shape index (κ3) is 2.93. The van der Waals surface area contributed by atoms with Crippen LogP contribution in [0, 0.1) is 0 Å². The van der Waals surface area contributed by atoms with Gasteiger partial charge in [-0.05, 0) is 24.1 Å². The lowest BCUT2D eigenvalue weighted by molar-refractivity contribution is 0.571. The Balaban J connectivity index is 2.45. The smallest absolute Gasteiger partial charge is 0.331 e. The largest absolute Gasteiger partial charge is 0.398 e. The molecule has 0 amide bonds. The molecule has 0 saturated carbocycles. The first-order valence-corrected chi connectivity index (χ1v) is 6.75. The Morgan fingerprint density at radius 2 is 2.00 bits per heavy atom. The second-order valence-corrected chi connectivity index (χ2v) is 5.00. The van der Waals surface area contributed by atoms with Crippen molar-refractivity contribution < 1.29 is 0 Å². The molecule has 20 heavy (non-hydrogen) atoms. The minimum absolute atomic E-state index is 0.144. The van der Waals surface area contributed by atoms with Crippen LogP contribution in [0.5, 0.6) is 0 Å². The van der Waals surface area contributed by atoms with E-state index in [0.29, 0.717) is 22.8 Å². The van der Waals surface area contributed by atoms with Crippen LogP contribution in [0.2, 0.25) is 5.02 Å². The van der Waals surface area contributed by atoms with Gasteiger partial charge in [-0.25, -0.2) is 4.79 Å². The number of hydrogen-bond acceptors (Lipinski definition) is 3. The summed E-state index contributed by atoms with van der Waals surface area (Å²) in [5, 5.41) is 0.523. The van der Waals surface area contributed by atoms with E-state index in [1.807, 2.05) is 6.92 Å². The molecular formula is C14H16ClN3O2. The summed E-state index contributed by atoms with van der Waals surface area (Å²) in [5.41, 5.74) is 6.36. The van der Waals surface area contributed by atoms with E-state index in [0.717, 1.165) is 6.42 Å². The van der Waals surface area contributed by atoms with Crippen molar-refractivity contribution in [3.63, 3.8) is 0 Å². The molecule has 1 aromatic heterocycles. The van der Waals surface area contributed by atoms with Crippen LogP contribution < -0.4 is 17.0 Å². The maximum Gasteiger partial charge on any atom is 0.331 e. The van der Waals surface area contributed by atoms with Gasteiger partial charge in [-0.1, -0.05) is 24.6 Å². The van der Waals surface area contributed by atoms with Gasteiger partial charge in [0.25, 0.3) is 5.56 Å². The van der Waals surface area contributed by atoms with E-state index >= 15 is 0 Å². The van der Waals surface area contributed by atoms with Gasteiger partial charge < -0.3 is 10.3 Å². The maximum absolute atomic E-state index is 12.2. The van der Waals surface area contributed by atoms with Crippen molar-refractivity contribution >= 4 is 17.3 Å². The highest BCUT2D eigenvalue weighted by atomic mass is 35.5. The van der Waals surface area contributed by atoms with Crippen LogP contribution in [0.15, 0.2) is 40.1 Å². The van der Waals surface area contributed by atoms with Gasteiger partial charge >= 0.3 is 5.69 Å². The molecule has 2 rings (SSSR count). The van der Waals surface area contributed by atoms with Crippen molar-refractivity contribution in [2.75, 3.05) is 5.73 Å². The van der Waals surface area contributed by atoms with Gasteiger partial charge in [0.15, 0.2) is 0 Å². The molecule has 0 radical (unpaired) electrons. The van der Waals surface area contributed by atoms with Crippen LogP contribution in [-0.4, -0.2) is 9.13 Å². The molecule has 0 aliphatic rings. The Labute approximate surface area is 121 Å². The molecule has 6 heteroatoms. The highest BCUT2D eigenvalue weighted by molar-refractivity contribution is 6.30. The van der Waals surface area contributed by atoms with Gasteiger partial charge in [0, 0.05) is 29.5 Å². The van der Waals surface area contributed by atoms with E-state index < -0.39 is 0 Å². The fourth-order valence-electron chi connectivity index (χ4n) is 1.99. The lowest BCUT2D eigenvalue weighted by Gasteiger charge is -2.10. The number of benzene rings is 1. The summed E-state index contributed by atoms with van der Waals surface area (Å²) < 4.78 is 2.70. The number of hydrogen-bond donors (Lipinski definition) is 1. The van der Waals surface area contributed by atoms with Crippen LogP contribution in [0.25, 0.3) is 0 Å². The summed E-state index contributed by atoms with van der Waals surface area (Å²) in [6.07, 6.45) is 2.34. The average Bonchev–Trinajstić information content (AvgIpc) is 2.40. The molecule has 5 nitrogen and oxygen atoms in total. The number of rotatable bonds is 4. The fourth-order valence-corrected chi connectivity index (χ4v) is 2.17. The summed E-state index contributed by atoms with van der Waals surface area (Å²) in [7, 11) is 0. The number of anilines is 1. The normalized spacial score (nSPS) is 10.7. The van der Waals surface area contributed by atoms with Gasteiger partial charge in [0.2, 0.25) is 0 Å². The number of nitrogens with zero attached hydrogens (tertiary/aromatic N) is 2. The molecule has 0 bridgehead atoms. The van der Waals surface area contributed by atoms with E-state index in [9.17, 15) is 9.59 Å². The minimum atomic E-state index is -0.336. The number of halogens is 1. The summed E-state index contributed by atoms with van der Waals surface area (Å²) in [4.78, 5) is 24.1. The molecule has 0 atom stereocenters. The zero-order valence-corrected chi connectivity index (χ0v) is 11.9. The third-order valence-electron chi connectivity index (χ3n) is 3.04. The molecule has 106 valence electrons. The van der Waals surface area contributed by atoms with Crippen molar-refractivity contribution in [2.24, 2.45) is 0 Å². The van der Waals surface area contributed by atoms with Crippen molar-refractivity contribution in [1.82, 2.24) is 9.13 Å². The second-order valence-electron chi connectivity index (χ2n) is 4.56. The molecule has 0 aliphatic carbocycles. The molecule has 2 N–H and O–H groups in total. The third-order valence-corrected chi connectivity index (χ3v) is 3.28. The fraction of sp³-hybridized carbons (Fsp3) is 0.286. The van der Waals surface area contributed by atoms with Gasteiger partial charge in [0.05, 0.1) is 6.54 Å². The standard InChI is InChI=1S/C14H16ClN3O2/c1-2-6-17-7-5-13(19)18(14(17)20)9-10-3-4-11(15)8-12(10)16/h3-5,7-8H,2,6,9,16H2,1H3. The van der Waals surface area contributed by atoms with Crippen molar-refractivity contribution in [1.29, 1.82) is 0 Å². The quantitative estimate of drug-likeness (QED) is 0.872. The van der Waals surface area contributed by atoms with Crippen LogP contribution in [0.4, 0.5) is 5.69 Å². The van der Waals surface area contributed by atoms with Crippen molar-refractivity contribution in [2.45, 2.75) is 26.4 Å². The number of aryl methyl sites for hydroxylation is 1. The monoisotopic (exact) mass is 293 g/mol. The molecule has 1 aromatic carbocycles. The first-order valence-electron chi connectivity index (χ1n) is 6.37. The highest BCUT2D eigenvalue weighted by Crippen LogP contribution is 2.18. The minimum Gasteiger partial charge on any atom is -0.398 e. The average molecular weight is 294 g/mol. The Bertz CT molecular complexity index is 734. The Hall–Kier alpha value is -2.01. The predicted molar refractivity (Wildman–Crippen MR) is 80.2 cm³/mol. The zero-order chi connectivity index (χ0) is 14.7. The maximum atomic E-state index is 12.2. The Kier molecular flexibility index (Phi) is 4.29. The van der Waals surface area contributed by atoms with E-state index in [2.05, 4.69) is 0 Å². The number of nitrogen functional groups attached to an aromatic ring is 1. The SMILES string of the molecule is CCCn1ccc(=O)n(Cc2ccc(Cl)cc2N)c1=O. The van der Waals surface area contributed by atoms with Crippen LogP contribution >= 0.6 is 11.6 Å². The first-order chi connectivity index (χ1) is 9.52. The van der Waals surface area contributed by atoms with Gasteiger partial charge in [-0.15, -0.1) is 0 Å². The van der Waals surface area contributed by atoms with Gasteiger partial charge in [0.1, 0.15) is 0 Å². The van der Waals surface area contributed by atoms with Crippen molar-refractivity contribution in [3.8, 4) is 0 Å². The molecule has 0 unspecified atom stereocenters. The summed E-state index contributed by atoms with van der Waals surface area (Å²) >= 11 is 5.83. The summed E-state index contributed by atoms with van der Waals surface area (Å²) in [5.74, 6) is 0. The van der Waals surface area contributed by atoms with E-state index in [4.69, 9.17) is 17.3 Å². The van der Waals surface area contributed by atoms with Crippen molar-refractivity contribution in [3.05, 3.63) is 61.9 Å². The van der Waals surface area contributed by atoms with Crippen LogP contribution in [0.3, 0.4) is 0 Å². The summed E-state index contributed by atoms with van der Waals surface area (Å²) in [6.45, 7) is 2.69. The molecule has 0 fully saturated rings. The molecular weight excluding hydrogens is 278 g/mol. The van der Waals surface area contributed by atoms with Crippen LogP contribution in [-0.2, 0) is 13.1 Å². The lowest BCUT2D eigenvalue weighted by atomic mass is 10.2. The zero-order valence-electron chi connectivity index (χ0n) is 11.2. The molecule has 0 spiro atoms. The predicted octanol–water partition coefficient (Wildman–Crippen LogP) is 1.70. The Morgan fingerprint density at radius 1 is 1.25 bits per heavy atom. The van der Waals surface area contributed by atoms with E-state index in [-0.39, 0.29) is 17.8 Å².